The van der Waals surface area contributed by atoms with Gasteiger partial charge in [0.05, 0.1) is 24.4 Å². The molecule has 3 aliphatic rings. The molecule has 234 valence electrons. The van der Waals surface area contributed by atoms with Gasteiger partial charge in [0.15, 0.2) is 6.29 Å². The fourth-order valence-electron chi connectivity index (χ4n) is 5.55. The minimum Gasteiger partial charge on any atom is -0.390 e. The molecule has 0 amide bonds. The maximum Gasteiger partial charge on any atom is 0.155 e. The lowest BCUT2D eigenvalue weighted by atomic mass is 9.80. The molecule has 1 saturated carbocycles. The fourth-order valence-corrected chi connectivity index (χ4v) is 5.55. The van der Waals surface area contributed by atoms with Gasteiger partial charge < -0.3 is 19.7 Å². The zero-order valence-corrected chi connectivity index (χ0v) is 27.4. The second-order valence-electron chi connectivity index (χ2n) is 11.5. The summed E-state index contributed by atoms with van der Waals surface area (Å²) in [6.07, 6.45) is 29.1. The van der Waals surface area contributed by atoms with Crippen LogP contribution in [0.1, 0.15) is 119 Å². The molecule has 2 fully saturated rings. The maximum atomic E-state index is 9.06. The topological polar surface area (TPSA) is 58.9 Å². The van der Waals surface area contributed by atoms with Crippen molar-refractivity contribution in [3.05, 3.63) is 71.9 Å². The quantitative estimate of drug-likeness (QED) is 0.181. The van der Waals surface area contributed by atoms with Gasteiger partial charge in [0.2, 0.25) is 0 Å². The molecule has 41 heavy (non-hydrogen) atoms. The highest BCUT2D eigenvalue weighted by Crippen LogP contribution is 2.43. The van der Waals surface area contributed by atoms with Crippen molar-refractivity contribution in [1.82, 2.24) is 0 Å². The first-order valence-electron chi connectivity index (χ1n) is 16.4. The fraction of sp³-hybridized carbons (Fsp3) is 0.676. The number of aliphatic hydroxyl groups excluding tert-OH is 2. The van der Waals surface area contributed by atoms with E-state index in [1.807, 2.05) is 13.8 Å². The van der Waals surface area contributed by atoms with E-state index >= 15 is 0 Å². The number of fused-ring (bicyclic) bond motifs is 1. The lowest BCUT2D eigenvalue weighted by Crippen LogP contribution is -2.36. The van der Waals surface area contributed by atoms with E-state index < -0.39 is 12.4 Å². The first-order chi connectivity index (χ1) is 19.7. The van der Waals surface area contributed by atoms with Gasteiger partial charge in [-0.2, -0.15) is 0 Å². The summed E-state index contributed by atoms with van der Waals surface area (Å²) in [5.74, 6) is 1.42. The van der Waals surface area contributed by atoms with Gasteiger partial charge in [0.25, 0.3) is 0 Å². The normalized spacial score (nSPS) is 28.7. The molecule has 1 saturated heterocycles. The average molecular weight is 571 g/mol. The van der Waals surface area contributed by atoms with Gasteiger partial charge in [-0.1, -0.05) is 88.0 Å². The smallest absolute Gasteiger partial charge is 0.155 e. The Morgan fingerprint density at radius 2 is 1.93 bits per heavy atom. The van der Waals surface area contributed by atoms with E-state index in [1.165, 1.54) is 42.4 Å². The molecule has 6 unspecified atom stereocenters. The Morgan fingerprint density at radius 3 is 2.59 bits per heavy atom. The minimum absolute atomic E-state index is 0.214. The van der Waals surface area contributed by atoms with Crippen LogP contribution in [0.3, 0.4) is 0 Å². The number of hydrogen-bond acceptors (Lipinski definition) is 4. The summed E-state index contributed by atoms with van der Waals surface area (Å²) in [6, 6.07) is 0. The van der Waals surface area contributed by atoms with Crippen LogP contribution in [-0.2, 0) is 9.47 Å². The zero-order chi connectivity index (χ0) is 30.6. The van der Waals surface area contributed by atoms with Gasteiger partial charge in [-0.3, -0.25) is 0 Å². The molecule has 0 aromatic rings. The van der Waals surface area contributed by atoms with Gasteiger partial charge in [-0.05, 0) is 108 Å². The molecule has 7 atom stereocenters. The second kappa shape index (κ2) is 21.9. The molecule has 0 radical (unpaired) electrons. The van der Waals surface area contributed by atoms with Crippen LogP contribution in [0.4, 0.5) is 0 Å². The molecule has 4 nitrogen and oxygen atoms in total. The van der Waals surface area contributed by atoms with Gasteiger partial charge in [-0.25, -0.2) is 0 Å². The highest BCUT2D eigenvalue weighted by Gasteiger charge is 2.31. The summed E-state index contributed by atoms with van der Waals surface area (Å²) in [5.41, 5.74) is 4.16. The van der Waals surface area contributed by atoms with Crippen molar-refractivity contribution in [2.45, 2.75) is 150 Å². The Kier molecular flexibility index (Phi) is 19.9. The monoisotopic (exact) mass is 570 g/mol. The van der Waals surface area contributed by atoms with Crippen molar-refractivity contribution < 1.29 is 19.7 Å². The summed E-state index contributed by atoms with van der Waals surface area (Å²) < 4.78 is 11.3. The van der Waals surface area contributed by atoms with Crippen LogP contribution in [0.25, 0.3) is 0 Å². The Bertz CT molecular complexity index is 864. The van der Waals surface area contributed by atoms with Crippen LogP contribution in [0.2, 0.25) is 0 Å². The lowest BCUT2D eigenvalue weighted by molar-refractivity contribution is -0.192. The predicted molar refractivity (Wildman–Crippen MR) is 176 cm³/mol. The first-order valence-corrected chi connectivity index (χ1v) is 16.4. The van der Waals surface area contributed by atoms with Crippen molar-refractivity contribution in [2.75, 3.05) is 0 Å². The lowest BCUT2D eigenvalue weighted by Gasteiger charge is -2.28. The largest absolute Gasteiger partial charge is 0.390 e. The molecule has 1 aliphatic heterocycles. The predicted octanol–water partition coefficient (Wildman–Crippen LogP) is 9.56. The van der Waals surface area contributed by atoms with E-state index in [0.29, 0.717) is 18.8 Å². The zero-order valence-electron chi connectivity index (χ0n) is 27.4. The van der Waals surface area contributed by atoms with E-state index in [-0.39, 0.29) is 18.3 Å². The molecule has 0 aromatic heterocycles. The van der Waals surface area contributed by atoms with E-state index in [0.717, 1.165) is 38.0 Å². The molecule has 2 aliphatic carbocycles. The van der Waals surface area contributed by atoms with Crippen LogP contribution >= 0.6 is 0 Å². The van der Waals surface area contributed by atoms with Crippen LogP contribution < -0.4 is 0 Å². The van der Waals surface area contributed by atoms with Gasteiger partial charge in [-0.15, -0.1) is 0 Å². The number of aliphatic hydroxyl groups is 2. The van der Waals surface area contributed by atoms with Crippen molar-refractivity contribution in [3.8, 4) is 0 Å². The Labute approximate surface area is 253 Å². The Balaban J connectivity index is 0.000000641. The molecular formula is C37H62O4. The van der Waals surface area contributed by atoms with Gasteiger partial charge >= 0.3 is 0 Å². The van der Waals surface area contributed by atoms with Gasteiger partial charge in [0.1, 0.15) is 0 Å². The summed E-state index contributed by atoms with van der Waals surface area (Å²) in [6.45, 7) is 18.9. The average Bonchev–Trinajstić information content (AvgIpc) is 3.46. The van der Waals surface area contributed by atoms with Crippen LogP contribution in [0.15, 0.2) is 71.9 Å². The minimum atomic E-state index is -0.664. The molecule has 3 rings (SSSR count). The number of ether oxygens (including phenoxy) is 2. The molecule has 0 aromatic carbocycles. The Morgan fingerprint density at radius 1 is 1.17 bits per heavy atom. The maximum absolute atomic E-state index is 9.06. The highest BCUT2D eigenvalue weighted by molar-refractivity contribution is 5.44. The van der Waals surface area contributed by atoms with Gasteiger partial charge in [0, 0.05) is 6.42 Å². The third kappa shape index (κ3) is 14.8. The highest BCUT2D eigenvalue weighted by atomic mass is 16.6. The number of unbranched alkanes of at least 4 members (excludes halogenated alkanes) is 1. The van der Waals surface area contributed by atoms with Crippen molar-refractivity contribution in [1.29, 1.82) is 0 Å². The van der Waals surface area contributed by atoms with Crippen LogP contribution in [0, 0.1) is 11.8 Å². The van der Waals surface area contributed by atoms with E-state index in [2.05, 4.69) is 82.9 Å². The summed E-state index contributed by atoms with van der Waals surface area (Å²) in [7, 11) is 0. The third-order valence-electron chi connectivity index (χ3n) is 8.06. The van der Waals surface area contributed by atoms with E-state index in [9.17, 15) is 0 Å². The first kappa shape index (κ1) is 37.3. The standard InChI is InChI=1S/C29H44O.C6H12O3.C2H6/c1-6-8-13-23(3)14-10-11-17-28(16-9-7-2)30-24(4)19-20-26-21-22-27-15-12-18-29(27)25(26)5;1-4-5(7)2-3-6(8)9-4;1-2/h6,8-9,14,16,20-22,24,27-29H,5,7,10-13,15,17-19H2,1-4H3;4-8H,2-3H2,1H3;1-2H3/b8-6+,16-9+,23-14-,26-20+;;/t;4-,5?,6?;/m.0./s1. The number of allylic oxidation sites excluding steroid dienone is 9. The number of hydrogen-bond donors (Lipinski definition) is 2. The summed E-state index contributed by atoms with van der Waals surface area (Å²) in [5, 5.41) is 17.9. The van der Waals surface area contributed by atoms with E-state index in [4.69, 9.17) is 19.7 Å². The molecule has 4 heteroatoms. The summed E-state index contributed by atoms with van der Waals surface area (Å²) in [4.78, 5) is 0. The molecule has 0 bridgehead atoms. The SMILES string of the molecule is C=C1/C(=C/CC(C)OC(/C=C/CC)CCC/C=C(/C)C/C=C/C)C=CC2CCCC12.CC.C[C@@H]1OC(O)CCC1O. The van der Waals surface area contributed by atoms with E-state index in [1.54, 1.807) is 6.92 Å². The molecule has 0 spiro atoms. The van der Waals surface area contributed by atoms with Crippen molar-refractivity contribution in [2.24, 2.45) is 11.8 Å². The third-order valence-corrected chi connectivity index (χ3v) is 8.06. The second-order valence-corrected chi connectivity index (χ2v) is 11.5. The number of rotatable bonds is 12. The summed E-state index contributed by atoms with van der Waals surface area (Å²) >= 11 is 0. The Hall–Kier alpha value is -1.72. The molecular weight excluding hydrogens is 508 g/mol. The molecule has 1 heterocycles. The van der Waals surface area contributed by atoms with Crippen molar-refractivity contribution in [3.63, 3.8) is 0 Å². The molecule has 2 N–H and O–H groups in total. The van der Waals surface area contributed by atoms with Crippen molar-refractivity contribution >= 4 is 0 Å². The van der Waals surface area contributed by atoms with Crippen LogP contribution in [-0.4, -0.2) is 40.9 Å². The van der Waals surface area contributed by atoms with Crippen LogP contribution in [0.5, 0.6) is 0 Å².